The fourth-order valence-electron chi connectivity index (χ4n) is 1.31. The average molecular weight is 228 g/mol. The predicted octanol–water partition coefficient (Wildman–Crippen LogP) is 2.94. The third-order valence-corrected chi connectivity index (χ3v) is 2.08. The Morgan fingerprint density at radius 3 is 2.56 bits per heavy atom. The highest BCUT2D eigenvalue weighted by molar-refractivity contribution is 5.63. The predicted molar refractivity (Wildman–Crippen MR) is 51.4 cm³/mol. The van der Waals surface area contributed by atoms with Crippen LogP contribution in [0.5, 0.6) is 0 Å². The molecule has 84 valence electrons. The zero-order valence-electron chi connectivity index (χ0n) is 7.95. The fraction of sp³-hybridized carbons (Fsp3) is 0.100. The van der Waals surface area contributed by atoms with Crippen molar-refractivity contribution in [3.8, 4) is 11.3 Å². The van der Waals surface area contributed by atoms with Gasteiger partial charge in [0, 0.05) is 11.3 Å². The van der Waals surface area contributed by atoms with Crippen LogP contribution in [0.15, 0.2) is 35.2 Å². The number of nitrogens with two attached hydrogens (primary N) is 1. The molecule has 2 rings (SSSR count). The molecule has 0 amide bonds. The summed E-state index contributed by atoms with van der Waals surface area (Å²) in [5, 5.41) is 0. The van der Waals surface area contributed by atoms with E-state index in [0.717, 1.165) is 12.5 Å². The number of hydrogen-bond donors (Lipinski definition) is 1. The number of hydrogen-bond acceptors (Lipinski definition) is 3. The molecule has 16 heavy (non-hydrogen) atoms. The summed E-state index contributed by atoms with van der Waals surface area (Å²) in [6, 6.07) is 3.58. The maximum absolute atomic E-state index is 12.5. The molecule has 0 aliphatic rings. The Morgan fingerprint density at radius 2 is 2.00 bits per heavy atom. The van der Waals surface area contributed by atoms with Crippen molar-refractivity contribution in [1.82, 2.24) is 4.98 Å². The van der Waals surface area contributed by atoms with E-state index in [1.807, 2.05) is 0 Å². The van der Waals surface area contributed by atoms with Crippen LogP contribution in [0.2, 0.25) is 0 Å². The standard InChI is InChI=1S/C10H7F3N2O/c11-10(12,13)7-3-6(1-2-8(7)14)9-4-15-5-16-9/h1-5H,14H2. The van der Waals surface area contributed by atoms with E-state index in [2.05, 4.69) is 4.98 Å². The van der Waals surface area contributed by atoms with Gasteiger partial charge in [0.05, 0.1) is 11.8 Å². The molecule has 0 bridgehead atoms. The summed E-state index contributed by atoms with van der Waals surface area (Å²) >= 11 is 0. The first kappa shape index (κ1) is 10.5. The Bertz CT molecular complexity index is 491. The van der Waals surface area contributed by atoms with Gasteiger partial charge in [0.1, 0.15) is 0 Å². The normalized spacial score (nSPS) is 11.7. The minimum Gasteiger partial charge on any atom is -0.444 e. The Morgan fingerprint density at radius 1 is 1.25 bits per heavy atom. The van der Waals surface area contributed by atoms with Gasteiger partial charge in [-0.2, -0.15) is 13.2 Å². The van der Waals surface area contributed by atoms with Crippen molar-refractivity contribution in [2.45, 2.75) is 6.18 Å². The summed E-state index contributed by atoms with van der Waals surface area (Å²) in [5.74, 6) is 0.269. The van der Waals surface area contributed by atoms with Gasteiger partial charge in [-0.3, -0.25) is 0 Å². The second kappa shape index (κ2) is 3.55. The van der Waals surface area contributed by atoms with Crippen LogP contribution >= 0.6 is 0 Å². The van der Waals surface area contributed by atoms with Gasteiger partial charge in [-0.25, -0.2) is 4.98 Å². The van der Waals surface area contributed by atoms with E-state index in [1.54, 1.807) is 0 Å². The van der Waals surface area contributed by atoms with E-state index < -0.39 is 11.7 Å². The molecule has 0 atom stereocenters. The molecule has 0 fully saturated rings. The summed E-state index contributed by atoms with van der Waals surface area (Å²) in [6.07, 6.45) is -1.98. The van der Waals surface area contributed by atoms with Crippen LogP contribution < -0.4 is 5.73 Å². The third-order valence-electron chi connectivity index (χ3n) is 2.08. The highest BCUT2D eigenvalue weighted by Crippen LogP contribution is 2.36. The molecule has 6 heteroatoms. The molecule has 0 aliphatic heterocycles. The minimum absolute atomic E-state index is 0.269. The number of nitrogen functional groups attached to an aromatic ring is 1. The lowest BCUT2D eigenvalue weighted by Gasteiger charge is -2.10. The number of aromatic nitrogens is 1. The van der Waals surface area contributed by atoms with E-state index in [1.165, 1.54) is 18.3 Å². The van der Waals surface area contributed by atoms with Crippen molar-refractivity contribution in [2.75, 3.05) is 5.73 Å². The number of halogens is 3. The molecule has 1 heterocycles. The van der Waals surface area contributed by atoms with E-state index in [9.17, 15) is 13.2 Å². The summed E-state index contributed by atoms with van der Waals surface area (Å²) < 4.78 is 42.5. The Labute approximate surface area is 88.7 Å². The lowest BCUT2D eigenvalue weighted by molar-refractivity contribution is -0.136. The first-order chi connectivity index (χ1) is 7.48. The van der Waals surface area contributed by atoms with Gasteiger partial charge in [-0.05, 0) is 18.2 Å². The van der Waals surface area contributed by atoms with Crippen molar-refractivity contribution in [3.63, 3.8) is 0 Å². The number of nitrogens with zero attached hydrogens (tertiary/aromatic N) is 1. The Hall–Kier alpha value is -1.98. The molecule has 2 aromatic rings. The number of anilines is 1. The third kappa shape index (κ3) is 1.86. The molecular formula is C10H7F3N2O. The van der Waals surface area contributed by atoms with Crippen LogP contribution in [0, 0.1) is 0 Å². The van der Waals surface area contributed by atoms with Gasteiger partial charge in [-0.15, -0.1) is 0 Å². The van der Waals surface area contributed by atoms with Crippen molar-refractivity contribution in [1.29, 1.82) is 0 Å². The van der Waals surface area contributed by atoms with Crippen molar-refractivity contribution in [2.24, 2.45) is 0 Å². The molecule has 1 aromatic carbocycles. The van der Waals surface area contributed by atoms with Crippen LogP contribution in [0.25, 0.3) is 11.3 Å². The molecule has 2 N–H and O–H groups in total. The van der Waals surface area contributed by atoms with Crippen molar-refractivity contribution in [3.05, 3.63) is 36.4 Å². The van der Waals surface area contributed by atoms with Crippen LogP contribution in [-0.4, -0.2) is 4.98 Å². The fourth-order valence-corrected chi connectivity index (χ4v) is 1.31. The smallest absolute Gasteiger partial charge is 0.418 e. The van der Waals surface area contributed by atoms with Gasteiger partial charge in [0.2, 0.25) is 0 Å². The molecule has 3 nitrogen and oxygen atoms in total. The van der Waals surface area contributed by atoms with Crippen LogP contribution in [0.3, 0.4) is 0 Å². The summed E-state index contributed by atoms with van der Waals surface area (Å²) in [7, 11) is 0. The van der Waals surface area contributed by atoms with Crippen LogP contribution in [0.1, 0.15) is 5.56 Å². The van der Waals surface area contributed by atoms with Crippen molar-refractivity contribution >= 4 is 5.69 Å². The number of rotatable bonds is 1. The average Bonchev–Trinajstić information content (AvgIpc) is 2.69. The SMILES string of the molecule is Nc1ccc(-c2cnco2)cc1C(F)(F)F. The number of oxazole rings is 1. The van der Waals surface area contributed by atoms with E-state index in [0.29, 0.717) is 5.56 Å². The van der Waals surface area contributed by atoms with Gasteiger partial charge < -0.3 is 10.2 Å². The molecule has 0 saturated carbocycles. The van der Waals surface area contributed by atoms with E-state index >= 15 is 0 Å². The second-order valence-electron chi connectivity index (χ2n) is 3.17. The van der Waals surface area contributed by atoms with Crippen molar-refractivity contribution < 1.29 is 17.6 Å². The zero-order valence-corrected chi connectivity index (χ0v) is 7.95. The molecular weight excluding hydrogens is 221 g/mol. The molecule has 0 saturated heterocycles. The summed E-state index contributed by atoms with van der Waals surface area (Å²) in [6.45, 7) is 0. The minimum atomic E-state index is -4.47. The van der Waals surface area contributed by atoms with Crippen LogP contribution in [0.4, 0.5) is 18.9 Å². The van der Waals surface area contributed by atoms with E-state index in [-0.39, 0.29) is 11.4 Å². The highest BCUT2D eigenvalue weighted by atomic mass is 19.4. The lowest BCUT2D eigenvalue weighted by Crippen LogP contribution is -2.08. The quantitative estimate of drug-likeness (QED) is 0.763. The lowest BCUT2D eigenvalue weighted by atomic mass is 10.1. The summed E-state index contributed by atoms with van der Waals surface area (Å²) in [4.78, 5) is 3.63. The monoisotopic (exact) mass is 228 g/mol. The largest absolute Gasteiger partial charge is 0.444 e. The molecule has 0 spiro atoms. The first-order valence-electron chi connectivity index (χ1n) is 4.34. The molecule has 0 aliphatic carbocycles. The summed E-state index contributed by atoms with van der Waals surface area (Å²) in [5.41, 5.74) is 4.37. The molecule has 0 unspecified atom stereocenters. The molecule has 0 radical (unpaired) electrons. The number of alkyl halides is 3. The van der Waals surface area contributed by atoms with Crippen LogP contribution in [-0.2, 0) is 6.18 Å². The van der Waals surface area contributed by atoms with Gasteiger partial charge in [0.15, 0.2) is 12.2 Å². The van der Waals surface area contributed by atoms with Gasteiger partial charge in [-0.1, -0.05) is 0 Å². The Balaban J connectivity index is 2.52. The highest BCUT2D eigenvalue weighted by Gasteiger charge is 2.33. The first-order valence-corrected chi connectivity index (χ1v) is 4.34. The Kier molecular flexibility index (Phi) is 2.34. The maximum Gasteiger partial charge on any atom is 0.418 e. The molecule has 1 aromatic heterocycles. The topological polar surface area (TPSA) is 52.0 Å². The van der Waals surface area contributed by atoms with Gasteiger partial charge >= 0.3 is 6.18 Å². The van der Waals surface area contributed by atoms with Gasteiger partial charge in [0.25, 0.3) is 0 Å². The second-order valence-corrected chi connectivity index (χ2v) is 3.17. The zero-order chi connectivity index (χ0) is 11.8. The van der Waals surface area contributed by atoms with E-state index in [4.69, 9.17) is 10.2 Å². The number of benzene rings is 1. The maximum atomic E-state index is 12.5.